The van der Waals surface area contributed by atoms with Gasteiger partial charge in [0.1, 0.15) is 6.23 Å². The molecule has 0 aromatic carbocycles. The number of nitrogens with one attached hydrogen (secondary N) is 1. The van der Waals surface area contributed by atoms with E-state index in [-0.39, 0.29) is 6.23 Å². The number of hydrogen-bond donors (Lipinski definition) is 2. The summed E-state index contributed by atoms with van der Waals surface area (Å²) in [5.41, 5.74) is 5.61. The van der Waals surface area contributed by atoms with E-state index in [1.807, 2.05) is 6.92 Å². The first-order valence-electron chi connectivity index (χ1n) is 11.9. The lowest BCUT2D eigenvalue weighted by Crippen LogP contribution is -2.34. The van der Waals surface area contributed by atoms with Gasteiger partial charge in [-0.2, -0.15) is 0 Å². The van der Waals surface area contributed by atoms with Crippen LogP contribution in [0.3, 0.4) is 0 Å². The zero-order valence-corrected chi connectivity index (χ0v) is 18.2. The fraction of sp³-hybridized carbons (Fsp3) is 1.00. The highest BCUT2D eigenvalue weighted by atomic mass is 16.5. The monoisotopic (exact) mass is 370 g/mol. The summed E-state index contributed by atoms with van der Waals surface area (Å²) in [6.45, 7) is 6.84. The topological polar surface area (TPSA) is 47.3 Å². The van der Waals surface area contributed by atoms with Gasteiger partial charge in [-0.15, -0.1) is 0 Å². The molecular weight excluding hydrogens is 320 g/mol. The van der Waals surface area contributed by atoms with E-state index in [0.29, 0.717) is 6.54 Å². The highest BCUT2D eigenvalue weighted by Crippen LogP contribution is 2.13. The number of nitrogens with two attached hydrogens (primary N) is 1. The number of unbranched alkanes of at least 4 members (excludes halogenated alkanes) is 15. The summed E-state index contributed by atoms with van der Waals surface area (Å²) in [6.07, 6.45) is 23.8. The zero-order valence-electron chi connectivity index (χ0n) is 18.2. The van der Waals surface area contributed by atoms with Crippen molar-refractivity contribution in [2.75, 3.05) is 19.7 Å². The molecule has 0 fully saturated rings. The van der Waals surface area contributed by atoms with Crippen LogP contribution in [-0.2, 0) is 4.74 Å². The van der Waals surface area contributed by atoms with Crippen LogP contribution in [0.4, 0.5) is 0 Å². The molecule has 0 aliphatic rings. The molecular formula is C23H50N2O. The first-order valence-corrected chi connectivity index (χ1v) is 11.9. The average molecular weight is 371 g/mol. The third-order valence-electron chi connectivity index (χ3n) is 5.20. The second-order valence-corrected chi connectivity index (χ2v) is 7.78. The lowest BCUT2D eigenvalue weighted by atomic mass is 10.0. The van der Waals surface area contributed by atoms with Gasteiger partial charge in [0, 0.05) is 6.61 Å². The maximum atomic E-state index is 5.62. The molecule has 0 aliphatic carbocycles. The Bertz CT molecular complexity index is 242. The van der Waals surface area contributed by atoms with E-state index in [9.17, 15) is 0 Å². The molecule has 0 aromatic rings. The predicted molar refractivity (Wildman–Crippen MR) is 117 cm³/mol. The number of hydrogen-bond acceptors (Lipinski definition) is 3. The summed E-state index contributed by atoms with van der Waals surface area (Å²) in [6, 6.07) is 0. The fourth-order valence-electron chi connectivity index (χ4n) is 3.53. The van der Waals surface area contributed by atoms with Gasteiger partial charge in [0.15, 0.2) is 0 Å². The van der Waals surface area contributed by atoms with E-state index in [0.717, 1.165) is 19.6 Å². The van der Waals surface area contributed by atoms with Gasteiger partial charge in [0.2, 0.25) is 0 Å². The summed E-state index contributed by atoms with van der Waals surface area (Å²) in [4.78, 5) is 0. The number of rotatable bonds is 22. The molecule has 0 radical (unpaired) electrons. The molecule has 1 unspecified atom stereocenters. The highest BCUT2D eigenvalue weighted by Gasteiger charge is 2.04. The third kappa shape index (κ3) is 20.2. The van der Waals surface area contributed by atoms with Gasteiger partial charge >= 0.3 is 0 Å². The summed E-state index contributed by atoms with van der Waals surface area (Å²) in [5, 5.41) is 3.47. The van der Waals surface area contributed by atoms with Gasteiger partial charge in [-0.05, 0) is 32.9 Å². The van der Waals surface area contributed by atoms with Crippen molar-refractivity contribution in [2.24, 2.45) is 5.73 Å². The molecule has 3 nitrogen and oxygen atoms in total. The van der Waals surface area contributed by atoms with Crippen molar-refractivity contribution in [3.8, 4) is 0 Å². The molecule has 0 aromatic heterocycles. The van der Waals surface area contributed by atoms with E-state index >= 15 is 0 Å². The Labute approximate surface area is 165 Å². The standard InChI is InChI=1S/C23H50N2O/c1-3-5-6-7-8-9-10-11-12-13-14-15-16-17-18-19-22-25-23(20-21-24)26-4-2/h23,25H,3-22,24H2,1-2H3. The Kier molecular flexibility index (Phi) is 22.8. The van der Waals surface area contributed by atoms with Gasteiger partial charge in [0.25, 0.3) is 0 Å². The van der Waals surface area contributed by atoms with Crippen LogP contribution in [0.25, 0.3) is 0 Å². The maximum Gasteiger partial charge on any atom is 0.109 e. The minimum absolute atomic E-state index is 0.154. The van der Waals surface area contributed by atoms with Crippen LogP contribution < -0.4 is 11.1 Å². The molecule has 0 rings (SSSR count). The molecule has 3 heteroatoms. The van der Waals surface area contributed by atoms with Crippen molar-refractivity contribution in [1.82, 2.24) is 5.32 Å². The lowest BCUT2D eigenvalue weighted by Gasteiger charge is -2.17. The Morgan fingerprint density at radius 1 is 0.654 bits per heavy atom. The maximum absolute atomic E-state index is 5.62. The molecule has 26 heavy (non-hydrogen) atoms. The third-order valence-corrected chi connectivity index (χ3v) is 5.20. The number of ether oxygens (including phenoxy) is 1. The van der Waals surface area contributed by atoms with E-state index in [1.165, 1.54) is 103 Å². The molecule has 0 saturated carbocycles. The molecule has 0 saturated heterocycles. The second kappa shape index (κ2) is 22.9. The second-order valence-electron chi connectivity index (χ2n) is 7.78. The van der Waals surface area contributed by atoms with Crippen molar-refractivity contribution in [3.63, 3.8) is 0 Å². The molecule has 0 aliphatic heterocycles. The molecule has 0 spiro atoms. The van der Waals surface area contributed by atoms with E-state index in [4.69, 9.17) is 10.5 Å². The summed E-state index contributed by atoms with van der Waals surface area (Å²) in [5.74, 6) is 0. The SMILES string of the molecule is CCCCCCCCCCCCCCCCCCNC(CCN)OCC. The minimum atomic E-state index is 0.154. The quantitative estimate of drug-likeness (QED) is 0.168. The van der Waals surface area contributed by atoms with Crippen molar-refractivity contribution in [1.29, 1.82) is 0 Å². The van der Waals surface area contributed by atoms with Crippen LogP contribution >= 0.6 is 0 Å². The van der Waals surface area contributed by atoms with E-state index in [2.05, 4.69) is 12.2 Å². The first kappa shape index (κ1) is 25.9. The van der Waals surface area contributed by atoms with Gasteiger partial charge < -0.3 is 10.5 Å². The smallest absolute Gasteiger partial charge is 0.109 e. The molecule has 0 bridgehead atoms. The summed E-state index contributed by atoms with van der Waals surface area (Å²) in [7, 11) is 0. The van der Waals surface area contributed by atoms with Crippen LogP contribution in [0.5, 0.6) is 0 Å². The summed E-state index contributed by atoms with van der Waals surface area (Å²) < 4.78 is 5.62. The van der Waals surface area contributed by atoms with Crippen LogP contribution in [0.1, 0.15) is 123 Å². The Morgan fingerprint density at radius 3 is 1.46 bits per heavy atom. The molecule has 3 N–H and O–H groups in total. The Balaban J connectivity index is 3.13. The van der Waals surface area contributed by atoms with Crippen molar-refractivity contribution in [2.45, 2.75) is 129 Å². The molecule has 0 heterocycles. The van der Waals surface area contributed by atoms with Crippen LogP contribution in [0, 0.1) is 0 Å². The highest BCUT2D eigenvalue weighted by molar-refractivity contribution is 4.57. The Hall–Kier alpha value is -0.120. The van der Waals surface area contributed by atoms with Gasteiger partial charge in [-0.25, -0.2) is 0 Å². The van der Waals surface area contributed by atoms with Crippen LogP contribution in [0.15, 0.2) is 0 Å². The largest absolute Gasteiger partial charge is 0.364 e. The molecule has 158 valence electrons. The predicted octanol–water partition coefficient (Wildman–Crippen LogP) is 6.55. The van der Waals surface area contributed by atoms with Crippen molar-refractivity contribution >= 4 is 0 Å². The van der Waals surface area contributed by atoms with Gasteiger partial charge in [-0.3, -0.25) is 5.32 Å². The average Bonchev–Trinajstić information content (AvgIpc) is 2.64. The van der Waals surface area contributed by atoms with Gasteiger partial charge in [-0.1, -0.05) is 103 Å². The first-order chi connectivity index (χ1) is 12.8. The van der Waals surface area contributed by atoms with Crippen LogP contribution in [0.2, 0.25) is 0 Å². The van der Waals surface area contributed by atoms with Crippen molar-refractivity contribution in [3.05, 3.63) is 0 Å². The fourth-order valence-corrected chi connectivity index (χ4v) is 3.53. The van der Waals surface area contributed by atoms with Crippen molar-refractivity contribution < 1.29 is 4.74 Å². The van der Waals surface area contributed by atoms with E-state index < -0.39 is 0 Å². The molecule has 0 amide bonds. The summed E-state index contributed by atoms with van der Waals surface area (Å²) >= 11 is 0. The molecule has 1 atom stereocenters. The lowest BCUT2D eigenvalue weighted by molar-refractivity contribution is 0.0340. The van der Waals surface area contributed by atoms with Crippen LogP contribution in [-0.4, -0.2) is 25.9 Å². The van der Waals surface area contributed by atoms with E-state index in [1.54, 1.807) is 0 Å². The van der Waals surface area contributed by atoms with Gasteiger partial charge in [0.05, 0.1) is 0 Å². The zero-order chi connectivity index (χ0) is 19.1. The minimum Gasteiger partial charge on any atom is -0.364 e. The normalized spacial score (nSPS) is 12.6. The Morgan fingerprint density at radius 2 is 1.08 bits per heavy atom.